The van der Waals surface area contributed by atoms with Crippen LogP contribution in [0.1, 0.15) is 24.8 Å². The highest BCUT2D eigenvalue weighted by atomic mass is 35.5. The normalized spacial score (nSPS) is 16.6. The summed E-state index contributed by atoms with van der Waals surface area (Å²) in [5, 5.41) is 11.4. The number of likely N-dealkylation sites (tertiary alicyclic amines) is 1. The first kappa shape index (κ1) is 22.4. The molecule has 2 N–H and O–H groups in total. The molecule has 0 unspecified atom stereocenters. The third kappa shape index (κ3) is 5.64. The number of aliphatic hydroxyl groups excluding tert-OH is 1. The number of rotatable bonds is 7. The largest absolute Gasteiger partial charge is 0.385 e. The Morgan fingerprint density at radius 2 is 1.72 bits per heavy atom. The molecule has 0 saturated carbocycles. The van der Waals surface area contributed by atoms with E-state index in [9.17, 15) is 13.5 Å². The van der Waals surface area contributed by atoms with Gasteiger partial charge in [-0.15, -0.1) is 0 Å². The number of anilines is 1. The number of sulfonamides is 1. The van der Waals surface area contributed by atoms with E-state index in [0.29, 0.717) is 11.6 Å². The Bertz CT molecular complexity index is 929. The van der Waals surface area contributed by atoms with Crippen molar-refractivity contribution in [2.45, 2.75) is 37.2 Å². The molecule has 1 fully saturated rings. The standard InChI is InChI=1S/C21H26Cl2N2O3S/c1-16-5-8-19(9-6-16)29(27,28)25(21-13-17(22)7-10-20(21)23)15-18(26)14-24-11-3-2-4-12-24/h5-10,13,18,26H,2-4,11-12,14-15H2,1H3/p+1/t18-/m1/s1. The molecule has 5 nitrogen and oxygen atoms in total. The first-order chi connectivity index (χ1) is 13.8. The molecular formula is C21H27Cl2N2O3S+. The molecule has 158 valence electrons. The summed E-state index contributed by atoms with van der Waals surface area (Å²) in [7, 11) is -3.93. The molecule has 3 rings (SSSR count). The van der Waals surface area contributed by atoms with Gasteiger partial charge >= 0.3 is 0 Å². The molecule has 0 amide bonds. The summed E-state index contributed by atoms with van der Waals surface area (Å²) in [5.74, 6) is 0. The van der Waals surface area contributed by atoms with Crippen LogP contribution in [0.15, 0.2) is 47.4 Å². The lowest BCUT2D eigenvalue weighted by atomic mass is 10.1. The van der Waals surface area contributed by atoms with Crippen LogP contribution < -0.4 is 9.21 Å². The van der Waals surface area contributed by atoms with Crippen molar-refractivity contribution in [3.05, 3.63) is 58.1 Å². The SMILES string of the molecule is Cc1ccc(S(=O)(=O)N(C[C@H](O)C[NH+]2CCCCC2)c2cc(Cl)ccc2Cl)cc1. The lowest BCUT2D eigenvalue weighted by molar-refractivity contribution is -0.907. The molecule has 1 saturated heterocycles. The van der Waals surface area contributed by atoms with Gasteiger partial charge in [-0.1, -0.05) is 40.9 Å². The van der Waals surface area contributed by atoms with Crippen molar-refractivity contribution in [1.82, 2.24) is 0 Å². The summed E-state index contributed by atoms with van der Waals surface area (Å²) in [6.07, 6.45) is 2.66. The third-order valence-electron chi connectivity index (χ3n) is 5.25. The molecule has 0 aliphatic carbocycles. The summed E-state index contributed by atoms with van der Waals surface area (Å²) in [6, 6.07) is 11.3. The Morgan fingerprint density at radius 1 is 1.07 bits per heavy atom. The van der Waals surface area contributed by atoms with Crippen LogP contribution in [-0.4, -0.2) is 45.8 Å². The average molecular weight is 458 g/mol. The van der Waals surface area contributed by atoms with Gasteiger partial charge in [0, 0.05) is 5.02 Å². The Morgan fingerprint density at radius 3 is 2.38 bits per heavy atom. The summed E-state index contributed by atoms with van der Waals surface area (Å²) in [5.41, 5.74) is 1.23. The molecule has 1 aliphatic heterocycles. The van der Waals surface area contributed by atoms with E-state index in [2.05, 4.69) is 0 Å². The predicted molar refractivity (Wildman–Crippen MR) is 118 cm³/mol. The van der Waals surface area contributed by atoms with Crippen LogP contribution in [0.3, 0.4) is 0 Å². The van der Waals surface area contributed by atoms with E-state index >= 15 is 0 Å². The fourth-order valence-electron chi connectivity index (χ4n) is 3.69. The van der Waals surface area contributed by atoms with Gasteiger partial charge in [-0.25, -0.2) is 8.42 Å². The number of piperidine rings is 1. The molecule has 8 heteroatoms. The van der Waals surface area contributed by atoms with Gasteiger partial charge in [0.2, 0.25) is 0 Å². The fourth-order valence-corrected chi connectivity index (χ4v) is 5.63. The molecular weight excluding hydrogens is 431 g/mol. The number of quaternary nitrogens is 1. The summed E-state index contributed by atoms with van der Waals surface area (Å²) in [4.78, 5) is 1.45. The molecule has 2 aromatic carbocycles. The van der Waals surface area contributed by atoms with Crippen molar-refractivity contribution in [3.8, 4) is 0 Å². The Kier molecular flexibility index (Phi) is 7.46. The van der Waals surface area contributed by atoms with E-state index in [-0.39, 0.29) is 22.2 Å². The van der Waals surface area contributed by atoms with Crippen molar-refractivity contribution in [2.75, 3.05) is 30.5 Å². The second-order valence-corrected chi connectivity index (χ2v) is 10.3. The number of hydrogen-bond acceptors (Lipinski definition) is 3. The zero-order valence-electron chi connectivity index (χ0n) is 16.4. The number of nitrogens with zero attached hydrogens (tertiary/aromatic N) is 1. The second kappa shape index (κ2) is 9.67. The summed E-state index contributed by atoms with van der Waals surface area (Å²) in [6.45, 7) is 4.31. The van der Waals surface area contributed by atoms with E-state index in [4.69, 9.17) is 23.2 Å². The molecule has 0 bridgehead atoms. The van der Waals surface area contributed by atoms with Crippen molar-refractivity contribution < 1.29 is 18.4 Å². The van der Waals surface area contributed by atoms with E-state index in [1.807, 2.05) is 6.92 Å². The van der Waals surface area contributed by atoms with Crippen molar-refractivity contribution in [2.24, 2.45) is 0 Å². The number of benzene rings is 2. The quantitative estimate of drug-likeness (QED) is 0.671. The van der Waals surface area contributed by atoms with Gasteiger partial charge in [0.25, 0.3) is 10.0 Å². The molecule has 1 heterocycles. The molecule has 2 aromatic rings. The van der Waals surface area contributed by atoms with E-state index in [1.165, 1.54) is 21.7 Å². The van der Waals surface area contributed by atoms with Gasteiger partial charge < -0.3 is 10.0 Å². The van der Waals surface area contributed by atoms with Gasteiger partial charge in [-0.3, -0.25) is 4.31 Å². The van der Waals surface area contributed by atoms with Crippen molar-refractivity contribution in [1.29, 1.82) is 0 Å². The highest BCUT2D eigenvalue weighted by Gasteiger charge is 2.30. The van der Waals surface area contributed by atoms with Gasteiger partial charge in [0.15, 0.2) is 0 Å². The number of aliphatic hydroxyl groups is 1. The lowest BCUT2D eigenvalue weighted by Gasteiger charge is -2.30. The van der Waals surface area contributed by atoms with Crippen LogP contribution in [0, 0.1) is 6.92 Å². The zero-order valence-corrected chi connectivity index (χ0v) is 18.8. The monoisotopic (exact) mass is 457 g/mol. The number of hydrogen-bond donors (Lipinski definition) is 2. The number of halogens is 2. The van der Waals surface area contributed by atoms with Crippen LogP contribution in [0.5, 0.6) is 0 Å². The maximum atomic E-state index is 13.4. The summed E-state index contributed by atoms with van der Waals surface area (Å²) >= 11 is 12.5. The molecule has 0 spiro atoms. The van der Waals surface area contributed by atoms with Gasteiger partial charge in [0.1, 0.15) is 12.6 Å². The number of nitrogens with one attached hydrogen (secondary N) is 1. The average Bonchev–Trinajstić information content (AvgIpc) is 2.69. The van der Waals surface area contributed by atoms with E-state index in [0.717, 1.165) is 31.5 Å². The van der Waals surface area contributed by atoms with Crippen LogP contribution in [0.25, 0.3) is 0 Å². The molecule has 29 heavy (non-hydrogen) atoms. The lowest BCUT2D eigenvalue weighted by Crippen LogP contribution is -3.14. The third-order valence-corrected chi connectivity index (χ3v) is 7.60. The topological polar surface area (TPSA) is 62.0 Å². The molecule has 1 atom stereocenters. The van der Waals surface area contributed by atoms with Gasteiger partial charge in [-0.05, 0) is 56.5 Å². The highest BCUT2D eigenvalue weighted by Crippen LogP contribution is 2.33. The fraction of sp³-hybridized carbons (Fsp3) is 0.429. The van der Waals surface area contributed by atoms with Crippen LogP contribution in [0.2, 0.25) is 10.0 Å². The van der Waals surface area contributed by atoms with Crippen LogP contribution in [0.4, 0.5) is 5.69 Å². The van der Waals surface area contributed by atoms with Crippen molar-refractivity contribution >= 4 is 38.9 Å². The first-order valence-electron chi connectivity index (χ1n) is 9.83. The van der Waals surface area contributed by atoms with Gasteiger partial charge in [-0.2, -0.15) is 0 Å². The molecule has 0 aromatic heterocycles. The van der Waals surface area contributed by atoms with E-state index in [1.54, 1.807) is 36.4 Å². The van der Waals surface area contributed by atoms with Gasteiger partial charge in [0.05, 0.1) is 35.2 Å². The minimum absolute atomic E-state index is 0.0836. The minimum Gasteiger partial charge on any atom is -0.385 e. The molecule has 0 radical (unpaired) electrons. The molecule has 1 aliphatic rings. The highest BCUT2D eigenvalue weighted by molar-refractivity contribution is 7.92. The summed E-state index contributed by atoms with van der Waals surface area (Å²) < 4.78 is 28.1. The Hall–Kier alpha value is -1.31. The Labute approximate surface area is 182 Å². The van der Waals surface area contributed by atoms with Crippen molar-refractivity contribution in [3.63, 3.8) is 0 Å². The van der Waals surface area contributed by atoms with Crippen LogP contribution in [-0.2, 0) is 10.0 Å². The maximum absolute atomic E-state index is 13.4. The number of aryl methyl sites for hydroxylation is 1. The Balaban J connectivity index is 1.93. The van der Waals surface area contributed by atoms with Crippen LogP contribution >= 0.6 is 23.2 Å². The predicted octanol–water partition coefficient (Wildman–Crippen LogP) is 2.93. The maximum Gasteiger partial charge on any atom is 0.264 e. The zero-order chi connectivity index (χ0) is 21.0. The smallest absolute Gasteiger partial charge is 0.264 e. The van der Waals surface area contributed by atoms with E-state index < -0.39 is 16.1 Å². The minimum atomic E-state index is -3.93. The first-order valence-corrected chi connectivity index (χ1v) is 12.0. The second-order valence-electron chi connectivity index (χ2n) is 7.61.